The van der Waals surface area contributed by atoms with Gasteiger partial charge < -0.3 is 10.2 Å². The van der Waals surface area contributed by atoms with Crippen LogP contribution in [0.25, 0.3) is 0 Å². The number of likely N-dealkylation sites (N-methyl/N-ethyl adjacent to an activating group) is 1. The molecule has 1 aromatic carbocycles. The zero-order chi connectivity index (χ0) is 14.6. The summed E-state index contributed by atoms with van der Waals surface area (Å²) < 4.78 is 0. The third-order valence-corrected chi connectivity index (χ3v) is 3.79. The lowest BCUT2D eigenvalue weighted by atomic mass is 10.00. The number of benzene rings is 1. The predicted octanol–water partition coefficient (Wildman–Crippen LogP) is 2.43. The summed E-state index contributed by atoms with van der Waals surface area (Å²) in [5.41, 5.74) is 3.09. The highest BCUT2D eigenvalue weighted by atomic mass is 16.3. The number of aliphatic hydroxyl groups is 2. The van der Waals surface area contributed by atoms with Gasteiger partial charge in [0.05, 0.1) is 12.7 Å². The first-order valence-corrected chi connectivity index (χ1v) is 6.84. The van der Waals surface area contributed by atoms with E-state index in [2.05, 4.69) is 11.0 Å². The molecule has 19 heavy (non-hydrogen) atoms. The molecule has 3 heteroatoms. The maximum absolute atomic E-state index is 10.3. The van der Waals surface area contributed by atoms with Crippen molar-refractivity contribution in [2.45, 2.75) is 45.8 Å². The Balaban J connectivity index is 2.63. The van der Waals surface area contributed by atoms with Gasteiger partial charge in [-0.25, -0.2) is 0 Å². The Labute approximate surface area is 116 Å². The fourth-order valence-electron chi connectivity index (χ4n) is 2.11. The lowest BCUT2D eigenvalue weighted by molar-refractivity contribution is 0.0619. The van der Waals surface area contributed by atoms with E-state index in [4.69, 9.17) is 0 Å². The Morgan fingerprint density at radius 2 is 1.68 bits per heavy atom. The van der Waals surface area contributed by atoms with Crippen molar-refractivity contribution in [3.05, 3.63) is 34.9 Å². The molecule has 0 heterocycles. The van der Waals surface area contributed by atoms with Crippen molar-refractivity contribution in [1.82, 2.24) is 4.90 Å². The zero-order valence-corrected chi connectivity index (χ0v) is 12.8. The van der Waals surface area contributed by atoms with E-state index in [1.165, 1.54) is 11.1 Å². The van der Waals surface area contributed by atoms with Gasteiger partial charge in [0.1, 0.15) is 0 Å². The quantitative estimate of drug-likeness (QED) is 0.830. The monoisotopic (exact) mass is 265 g/mol. The number of hydrogen-bond acceptors (Lipinski definition) is 3. The molecule has 0 aromatic heterocycles. The first-order valence-electron chi connectivity index (χ1n) is 6.84. The Hall–Kier alpha value is -0.900. The van der Waals surface area contributed by atoms with Crippen LogP contribution >= 0.6 is 0 Å². The molecule has 0 aliphatic heterocycles. The summed E-state index contributed by atoms with van der Waals surface area (Å²) in [6, 6.07) is 6.18. The van der Waals surface area contributed by atoms with Crippen molar-refractivity contribution >= 4 is 0 Å². The Kier molecular flexibility index (Phi) is 5.53. The second-order valence-electron chi connectivity index (χ2n) is 6.12. The molecule has 0 spiro atoms. The van der Waals surface area contributed by atoms with Crippen molar-refractivity contribution in [1.29, 1.82) is 0 Å². The summed E-state index contributed by atoms with van der Waals surface area (Å²) >= 11 is 0. The van der Waals surface area contributed by atoms with Gasteiger partial charge in [0, 0.05) is 12.1 Å². The normalized spacial score (nSPS) is 13.9. The number of aliphatic hydroxyl groups excluding tert-OH is 2. The summed E-state index contributed by atoms with van der Waals surface area (Å²) in [6.07, 6.45) is 0.221. The second kappa shape index (κ2) is 6.51. The lowest BCUT2D eigenvalue weighted by Crippen LogP contribution is -2.44. The topological polar surface area (TPSA) is 43.7 Å². The molecule has 0 saturated carbocycles. The largest absolute Gasteiger partial charge is 0.394 e. The fourth-order valence-corrected chi connectivity index (χ4v) is 2.11. The average molecular weight is 265 g/mol. The van der Waals surface area contributed by atoms with E-state index >= 15 is 0 Å². The predicted molar refractivity (Wildman–Crippen MR) is 79.3 cm³/mol. The van der Waals surface area contributed by atoms with Crippen molar-refractivity contribution in [3.63, 3.8) is 0 Å². The summed E-state index contributed by atoms with van der Waals surface area (Å²) in [5, 5.41) is 19.6. The molecule has 3 nitrogen and oxygen atoms in total. The summed E-state index contributed by atoms with van der Waals surface area (Å²) in [7, 11) is 1.98. The summed E-state index contributed by atoms with van der Waals surface area (Å²) in [5.74, 6) is 0. The third-order valence-electron chi connectivity index (χ3n) is 3.79. The average Bonchev–Trinajstić information content (AvgIpc) is 2.34. The zero-order valence-electron chi connectivity index (χ0n) is 12.8. The van der Waals surface area contributed by atoms with E-state index in [0.29, 0.717) is 6.42 Å². The van der Waals surface area contributed by atoms with Crippen LogP contribution in [-0.2, 0) is 0 Å². The van der Waals surface area contributed by atoms with E-state index in [-0.39, 0.29) is 12.1 Å². The second-order valence-corrected chi connectivity index (χ2v) is 6.12. The van der Waals surface area contributed by atoms with Crippen LogP contribution in [0, 0.1) is 13.8 Å². The van der Waals surface area contributed by atoms with Crippen LogP contribution in [-0.4, -0.2) is 40.9 Å². The first-order chi connectivity index (χ1) is 8.76. The third kappa shape index (κ3) is 4.60. The lowest BCUT2D eigenvalue weighted by Gasteiger charge is -2.34. The van der Waals surface area contributed by atoms with Gasteiger partial charge in [-0.2, -0.15) is 0 Å². The number of rotatable bonds is 6. The van der Waals surface area contributed by atoms with Gasteiger partial charge in [-0.15, -0.1) is 0 Å². The van der Waals surface area contributed by atoms with Crippen LogP contribution in [0.15, 0.2) is 18.2 Å². The standard InChI is InChI=1S/C16H27NO2/c1-12-8-13(2)10-14(9-12)15(19)6-7-17(5)16(3,4)11-18/h8-10,15,18-19H,6-7,11H2,1-5H3. The SMILES string of the molecule is Cc1cc(C)cc(C(O)CCN(C)C(C)(C)CO)c1. The molecule has 1 atom stereocenters. The molecule has 0 radical (unpaired) electrons. The van der Waals surface area contributed by atoms with Crippen molar-refractivity contribution in [2.75, 3.05) is 20.2 Å². The molecular formula is C16H27NO2. The van der Waals surface area contributed by atoms with Gasteiger partial charge >= 0.3 is 0 Å². The number of hydrogen-bond donors (Lipinski definition) is 2. The van der Waals surface area contributed by atoms with Crippen LogP contribution in [0.4, 0.5) is 0 Å². The van der Waals surface area contributed by atoms with Crippen LogP contribution in [0.2, 0.25) is 0 Å². The fraction of sp³-hybridized carbons (Fsp3) is 0.625. The van der Waals surface area contributed by atoms with Gasteiger partial charge in [-0.3, -0.25) is 4.90 Å². The van der Waals surface area contributed by atoms with E-state index in [0.717, 1.165) is 12.1 Å². The molecule has 1 aromatic rings. The number of aryl methyl sites for hydroxylation is 2. The minimum Gasteiger partial charge on any atom is -0.394 e. The molecule has 0 amide bonds. The summed E-state index contributed by atoms with van der Waals surface area (Å²) in [6.45, 7) is 8.95. The van der Waals surface area contributed by atoms with E-state index in [9.17, 15) is 10.2 Å². The Morgan fingerprint density at radius 1 is 1.16 bits per heavy atom. The highest BCUT2D eigenvalue weighted by Crippen LogP contribution is 2.21. The molecule has 2 N–H and O–H groups in total. The summed E-state index contributed by atoms with van der Waals surface area (Å²) in [4.78, 5) is 2.08. The van der Waals surface area contributed by atoms with E-state index in [1.807, 2.05) is 46.9 Å². The minimum atomic E-state index is -0.449. The van der Waals surface area contributed by atoms with Crippen molar-refractivity contribution < 1.29 is 10.2 Å². The Bertz CT molecular complexity index is 395. The highest BCUT2D eigenvalue weighted by Gasteiger charge is 2.22. The molecular weight excluding hydrogens is 238 g/mol. The van der Waals surface area contributed by atoms with Crippen LogP contribution in [0.3, 0.4) is 0 Å². The van der Waals surface area contributed by atoms with Gasteiger partial charge in [0.2, 0.25) is 0 Å². The van der Waals surface area contributed by atoms with E-state index in [1.54, 1.807) is 0 Å². The van der Waals surface area contributed by atoms with Crippen LogP contribution in [0.1, 0.15) is 43.1 Å². The maximum Gasteiger partial charge on any atom is 0.0802 e. The van der Waals surface area contributed by atoms with Gasteiger partial charge in [0.25, 0.3) is 0 Å². The van der Waals surface area contributed by atoms with Crippen molar-refractivity contribution in [3.8, 4) is 0 Å². The molecule has 0 bridgehead atoms. The molecule has 108 valence electrons. The molecule has 0 aliphatic carbocycles. The van der Waals surface area contributed by atoms with Crippen molar-refractivity contribution in [2.24, 2.45) is 0 Å². The smallest absolute Gasteiger partial charge is 0.0802 e. The van der Waals surface area contributed by atoms with Gasteiger partial charge in [-0.1, -0.05) is 29.3 Å². The van der Waals surface area contributed by atoms with Gasteiger partial charge in [0.15, 0.2) is 0 Å². The van der Waals surface area contributed by atoms with E-state index < -0.39 is 6.10 Å². The Morgan fingerprint density at radius 3 is 2.16 bits per heavy atom. The molecule has 1 rings (SSSR count). The molecule has 0 saturated heterocycles. The minimum absolute atomic E-state index is 0.114. The molecule has 0 fully saturated rings. The van der Waals surface area contributed by atoms with Crippen LogP contribution in [0.5, 0.6) is 0 Å². The maximum atomic E-state index is 10.3. The molecule has 1 unspecified atom stereocenters. The highest BCUT2D eigenvalue weighted by molar-refractivity contribution is 5.29. The molecule has 0 aliphatic rings. The first kappa shape index (κ1) is 16.2. The van der Waals surface area contributed by atoms with Gasteiger partial charge in [-0.05, 0) is 46.7 Å². The van der Waals surface area contributed by atoms with Crippen LogP contribution < -0.4 is 0 Å². The number of nitrogens with zero attached hydrogens (tertiary/aromatic N) is 1.